The normalized spacial score (nSPS) is 10.7. The van der Waals surface area contributed by atoms with Crippen molar-refractivity contribution in [3.05, 3.63) is 130 Å². The first-order chi connectivity index (χ1) is 16.7. The lowest BCUT2D eigenvalue weighted by atomic mass is 10.2. The Morgan fingerprint density at radius 1 is 0.765 bits per heavy atom. The van der Waals surface area contributed by atoms with E-state index in [0.29, 0.717) is 28.7 Å². The molecule has 170 valence electrons. The highest BCUT2D eigenvalue weighted by Crippen LogP contribution is 2.22. The van der Waals surface area contributed by atoms with Crippen LogP contribution in [0, 0.1) is 0 Å². The largest absolute Gasteiger partial charge is 0.488 e. The van der Waals surface area contributed by atoms with Gasteiger partial charge in [0.25, 0.3) is 5.91 Å². The number of carbonyl (C=O) groups is 1. The van der Waals surface area contributed by atoms with Crippen LogP contribution in [-0.4, -0.2) is 12.1 Å². The van der Waals surface area contributed by atoms with Gasteiger partial charge in [0.1, 0.15) is 24.7 Å². The minimum Gasteiger partial charge on any atom is -0.488 e. The lowest BCUT2D eigenvalue weighted by Crippen LogP contribution is -2.18. The van der Waals surface area contributed by atoms with Crippen molar-refractivity contribution in [3.63, 3.8) is 0 Å². The van der Waals surface area contributed by atoms with Crippen LogP contribution in [0.4, 0.5) is 0 Å². The predicted octanol–water partition coefficient (Wildman–Crippen LogP) is 6.26. The highest BCUT2D eigenvalue weighted by Gasteiger charge is 2.12. The molecule has 0 spiro atoms. The van der Waals surface area contributed by atoms with Crippen molar-refractivity contribution in [3.8, 4) is 11.5 Å². The van der Waals surface area contributed by atoms with Gasteiger partial charge >= 0.3 is 0 Å². The van der Waals surface area contributed by atoms with E-state index >= 15 is 0 Å². The Labute approximate surface area is 203 Å². The summed E-state index contributed by atoms with van der Waals surface area (Å²) in [7, 11) is 0. The van der Waals surface area contributed by atoms with Gasteiger partial charge < -0.3 is 9.47 Å². The molecule has 1 N–H and O–H groups in total. The third-order valence-corrected chi connectivity index (χ3v) is 5.37. The zero-order valence-electron chi connectivity index (χ0n) is 18.4. The molecule has 0 aromatic heterocycles. The van der Waals surface area contributed by atoms with E-state index in [1.165, 1.54) is 0 Å². The van der Waals surface area contributed by atoms with Gasteiger partial charge in [-0.05, 0) is 35.9 Å². The summed E-state index contributed by atoms with van der Waals surface area (Å²) in [5, 5.41) is 4.74. The SMILES string of the molecule is O=C(N/N=C\c1ccccc1OCc1ccccc1)c1ccccc1OCc1ccccc1Cl. The summed E-state index contributed by atoms with van der Waals surface area (Å²) in [4.78, 5) is 12.8. The molecule has 0 aliphatic heterocycles. The van der Waals surface area contributed by atoms with Gasteiger partial charge in [0.15, 0.2) is 0 Å². The van der Waals surface area contributed by atoms with Crippen LogP contribution >= 0.6 is 11.6 Å². The first-order valence-electron chi connectivity index (χ1n) is 10.7. The maximum Gasteiger partial charge on any atom is 0.275 e. The Balaban J connectivity index is 1.40. The van der Waals surface area contributed by atoms with Gasteiger partial charge in [0.2, 0.25) is 0 Å². The lowest BCUT2D eigenvalue weighted by Gasteiger charge is -2.11. The number of nitrogens with one attached hydrogen (secondary N) is 1. The van der Waals surface area contributed by atoms with Crippen LogP contribution in [0.3, 0.4) is 0 Å². The summed E-state index contributed by atoms with van der Waals surface area (Å²) in [5.74, 6) is 0.739. The van der Waals surface area contributed by atoms with Crippen LogP contribution in [-0.2, 0) is 13.2 Å². The molecule has 0 fully saturated rings. The van der Waals surface area contributed by atoms with E-state index < -0.39 is 0 Å². The summed E-state index contributed by atoms with van der Waals surface area (Å²) in [5.41, 5.74) is 5.60. The Morgan fingerprint density at radius 3 is 2.24 bits per heavy atom. The van der Waals surface area contributed by atoms with Crippen LogP contribution in [0.25, 0.3) is 0 Å². The molecule has 0 aliphatic carbocycles. The maximum atomic E-state index is 12.8. The van der Waals surface area contributed by atoms with Gasteiger partial charge in [-0.2, -0.15) is 5.10 Å². The van der Waals surface area contributed by atoms with Crippen molar-refractivity contribution >= 4 is 23.7 Å². The van der Waals surface area contributed by atoms with Crippen LogP contribution in [0.5, 0.6) is 11.5 Å². The number of ether oxygens (including phenoxy) is 2. The van der Waals surface area contributed by atoms with Gasteiger partial charge in [-0.3, -0.25) is 4.79 Å². The molecule has 5 nitrogen and oxygen atoms in total. The third kappa shape index (κ3) is 6.24. The minimum atomic E-state index is -0.381. The number of halogens is 1. The maximum absolute atomic E-state index is 12.8. The Morgan fingerprint density at radius 2 is 1.41 bits per heavy atom. The molecule has 0 saturated heterocycles. The number of carbonyl (C=O) groups excluding carboxylic acids is 1. The first kappa shape index (κ1) is 23.1. The van der Waals surface area contributed by atoms with E-state index in [-0.39, 0.29) is 12.5 Å². The van der Waals surface area contributed by atoms with Crippen molar-refractivity contribution in [2.45, 2.75) is 13.2 Å². The van der Waals surface area contributed by atoms with E-state index in [4.69, 9.17) is 21.1 Å². The lowest BCUT2D eigenvalue weighted by molar-refractivity contribution is 0.0950. The van der Waals surface area contributed by atoms with Crippen LogP contribution < -0.4 is 14.9 Å². The van der Waals surface area contributed by atoms with Gasteiger partial charge in [0.05, 0.1) is 11.8 Å². The molecule has 0 bridgehead atoms. The monoisotopic (exact) mass is 470 g/mol. The van der Waals surface area contributed by atoms with Gasteiger partial charge in [-0.25, -0.2) is 5.43 Å². The van der Waals surface area contributed by atoms with Gasteiger partial charge in [-0.1, -0.05) is 84.4 Å². The fourth-order valence-corrected chi connectivity index (χ4v) is 3.42. The van der Waals surface area contributed by atoms with Crippen LogP contribution in [0.1, 0.15) is 27.0 Å². The van der Waals surface area contributed by atoms with Crippen molar-refractivity contribution in [2.24, 2.45) is 5.10 Å². The van der Waals surface area contributed by atoms with Crippen LogP contribution in [0.15, 0.2) is 108 Å². The van der Waals surface area contributed by atoms with Crippen LogP contribution in [0.2, 0.25) is 5.02 Å². The molecule has 4 aromatic carbocycles. The molecule has 0 saturated carbocycles. The molecule has 1 amide bonds. The number of para-hydroxylation sites is 2. The van der Waals surface area contributed by atoms with E-state index in [0.717, 1.165) is 16.7 Å². The quantitative estimate of drug-likeness (QED) is 0.232. The zero-order valence-corrected chi connectivity index (χ0v) is 19.1. The summed E-state index contributed by atoms with van der Waals surface area (Å²) >= 11 is 6.20. The summed E-state index contributed by atoms with van der Waals surface area (Å²) in [6.07, 6.45) is 1.56. The highest BCUT2D eigenvalue weighted by molar-refractivity contribution is 6.31. The number of hydrogen-bond donors (Lipinski definition) is 1. The fourth-order valence-electron chi connectivity index (χ4n) is 3.23. The summed E-state index contributed by atoms with van der Waals surface area (Å²) < 4.78 is 11.8. The molecular weight excluding hydrogens is 448 g/mol. The number of hydrogen-bond acceptors (Lipinski definition) is 4. The molecule has 4 rings (SSSR count). The van der Waals surface area contributed by atoms with E-state index in [2.05, 4.69) is 10.5 Å². The molecule has 0 heterocycles. The summed E-state index contributed by atoms with van der Waals surface area (Å²) in [6, 6.07) is 31.9. The van der Waals surface area contributed by atoms with Crippen molar-refractivity contribution in [2.75, 3.05) is 0 Å². The standard InChI is InChI=1S/C28H23ClN2O3/c29-25-15-7-4-13-23(25)20-34-27-17-9-6-14-24(27)28(32)31-30-18-22-12-5-8-16-26(22)33-19-21-10-2-1-3-11-21/h1-18H,19-20H2,(H,31,32)/b30-18-. The number of benzene rings is 4. The highest BCUT2D eigenvalue weighted by atomic mass is 35.5. The first-order valence-corrected chi connectivity index (χ1v) is 11.1. The number of amides is 1. The van der Waals surface area contributed by atoms with E-state index in [1.54, 1.807) is 30.5 Å². The average Bonchev–Trinajstić information content (AvgIpc) is 2.88. The number of hydrazone groups is 1. The van der Waals surface area contributed by atoms with E-state index in [1.807, 2.05) is 78.9 Å². The molecule has 0 unspecified atom stereocenters. The number of rotatable bonds is 9. The molecule has 4 aromatic rings. The Kier molecular flexibility index (Phi) is 7.93. The zero-order chi connectivity index (χ0) is 23.6. The molecule has 6 heteroatoms. The molecule has 0 aliphatic rings. The van der Waals surface area contributed by atoms with Crippen molar-refractivity contribution in [1.82, 2.24) is 5.43 Å². The van der Waals surface area contributed by atoms with Gasteiger partial charge in [0, 0.05) is 16.1 Å². The number of nitrogens with zero attached hydrogens (tertiary/aromatic N) is 1. The second-order valence-corrected chi connectivity index (χ2v) is 7.79. The third-order valence-electron chi connectivity index (χ3n) is 5.00. The smallest absolute Gasteiger partial charge is 0.275 e. The Hall–Kier alpha value is -4.09. The second kappa shape index (κ2) is 11.7. The Bertz CT molecular complexity index is 1280. The van der Waals surface area contributed by atoms with Crippen molar-refractivity contribution in [1.29, 1.82) is 0 Å². The molecule has 34 heavy (non-hydrogen) atoms. The minimum absolute atomic E-state index is 0.249. The van der Waals surface area contributed by atoms with Crippen molar-refractivity contribution < 1.29 is 14.3 Å². The van der Waals surface area contributed by atoms with E-state index in [9.17, 15) is 4.79 Å². The van der Waals surface area contributed by atoms with Gasteiger partial charge in [-0.15, -0.1) is 0 Å². The summed E-state index contributed by atoms with van der Waals surface area (Å²) in [6.45, 7) is 0.688. The molecular formula is C28H23ClN2O3. The average molecular weight is 471 g/mol. The topological polar surface area (TPSA) is 59.9 Å². The fraction of sp³-hybridized carbons (Fsp3) is 0.0714. The second-order valence-electron chi connectivity index (χ2n) is 7.39. The molecule has 0 atom stereocenters. The predicted molar refractivity (Wildman–Crippen MR) is 135 cm³/mol. The molecule has 0 radical (unpaired) electrons.